The fraction of sp³-hybridized carbons (Fsp3) is 0.133. The van der Waals surface area contributed by atoms with Crippen molar-refractivity contribution in [3.8, 4) is 44.9 Å². The summed E-state index contributed by atoms with van der Waals surface area (Å²) < 4.78 is 12.6. The monoisotopic (exact) mass is 512 g/mol. The third-order valence-electron chi connectivity index (χ3n) is 5.60. The molecule has 0 spiro atoms. The van der Waals surface area contributed by atoms with Crippen molar-refractivity contribution in [1.82, 2.24) is 9.80 Å². The summed E-state index contributed by atoms with van der Waals surface area (Å²) >= 11 is 11.1. The van der Waals surface area contributed by atoms with Crippen molar-refractivity contribution in [2.75, 3.05) is 28.2 Å². The maximum absolute atomic E-state index is 6.28. The van der Waals surface area contributed by atoms with Gasteiger partial charge in [-0.2, -0.15) is 0 Å². The van der Waals surface area contributed by atoms with Crippen LogP contribution in [0.25, 0.3) is 33.4 Å². The lowest BCUT2D eigenvalue weighted by atomic mass is 9.88. The molecule has 0 N–H and O–H groups in total. The van der Waals surface area contributed by atoms with Crippen molar-refractivity contribution in [2.24, 2.45) is 0 Å². The van der Waals surface area contributed by atoms with Crippen LogP contribution in [-0.2, 0) is 0 Å². The normalized spacial score (nSPS) is 10.4. The second-order valence-electron chi connectivity index (χ2n) is 8.61. The van der Waals surface area contributed by atoms with E-state index < -0.39 is 0 Å². The summed E-state index contributed by atoms with van der Waals surface area (Å²) in [7, 11) is 7.46. The predicted molar refractivity (Wildman–Crippen MR) is 157 cm³/mol. The molecule has 36 heavy (non-hydrogen) atoms. The Morgan fingerprint density at radius 2 is 0.861 bits per heavy atom. The van der Waals surface area contributed by atoms with E-state index in [1.165, 1.54) is 0 Å². The molecule has 182 valence electrons. The Bertz CT molecular complexity index is 1260. The van der Waals surface area contributed by atoms with E-state index in [4.69, 9.17) is 33.9 Å². The van der Waals surface area contributed by atoms with Crippen LogP contribution in [-0.4, -0.2) is 48.3 Å². The topological polar surface area (TPSA) is 24.9 Å². The van der Waals surface area contributed by atoms with Crippen LogP contribution >= 0.6 is 24.4 Å². The summed E-state index contributed by atoms with van der Waals surface area (Å²) in [6.45, 7) is 0. The van der Waals surface area contributed by atoms with Gasteiger partial charge in [-0.25, -0.2) is 0 Å². The molecule has 0 aliphatic heterocycles. The minimum atomic E-state index is 0.366. The maximum Gasteiger partial charge on any atom is 0.264 e. The van der Waals surface area contributed by atoms with E-state index in [1.807, 2.05) is 88.9 Å². The van der Waals surface area contributed by atoms with Crippen molar-refractivity contribution in [3.63, 3.8) is 0 Å². The number of ether oxygens (including phenoxy) is 2. The molecule has 0 unspecified atom stereocenters. The van der Waals surface area contributed by atoms with Crippen molar-refractivity contribution in [3.05, 3.63) is 97.1 Å². The zero-order valence-corrected chi connectivity index (χ0v) is 22.4. The SMILES string of the molecule is CN(C)C(=S)Oc1cccc(-c2ccccc2)c1-c1c(OC(=S)N(C)C)cccc1-c1ccccc1. The Kier molecular flexibility index (Phi) is 7.98. The average molecular weight is 513 g/mol. The van der Waals surface area contributed by atoms with Crippen LogP contribution in [0.15, 0.2) is 97.1 Å². The van der Waals surface area contributed by atoms with Gasteiger partial charge in [0.05, 0.1) is 0 Å². The van der Waals surface area contributed by atoms with Gasteiger partial charge in [-0.1, -0.05) is 84.9 Å². The summed E-state index contributed by atoms with van der Waals surface area (Å²) in [5.74, 6) is 1.28. The van der Waals surface area contributed by atoms with Crippen LogP contribution in [0.5, 0.6) is 11.5 Å². The van der Waals surface area contributed by atoms with E-state index in [2.05, 4.69) is 36.4 Å². The molecular formula is C30H28N2O2S2. The fourth-order valence-corrected chi connectivity index (χ4v) is 4.01. The average Bonchev–Trinajstić information content (AvgIpc) is 2.89. The number of nitrogens with zero attached hydrogens (tertiary/aromatic N) is 2. The first-order valence-corrected chi connectivity index (χ1v) is 12.3. The van der Waals surface area contributed by atoms with Gasteiger partial charge in [0.15, 0.2) is 0 Å². The molecule has 4 aromatic rings. The molecule has 0 aliphatic rings. The van der Waals surface area contributed by atoms with E-state index >= 15 is 0 Å². The maximum atomic E-state index is 6.28. The Labute approximate surface area is 223 Å². The van der Waals surface area contributed by atoms with Crippen LogP contribution in [0.3, 0.4) is 0 Å². The summed E-state index contributed by atoms with van der Waals surface area (Å²) in [5, 5.41) is 0.731. The van der Waals surface area contributed by atoms with E-state index in [0.29, 0.717) is 21.8 Å². The molecule has 0 aliphatic carbocycles. The van der Waals surface area contributed by atoms with Gasteiger partial charge in [-0.15, -0.1) is 0 Å². The second-order valence-corrected chi connectivity index (χ2v) is 9.31. The molecule has 0 heterocycles. The number of hydrogen-bond donors (Lipinski definition) is 0. The summed E-state index contributed by atoms with van der Waals surface area (Å²) in [4.78, 5) is 3.55. The van der Waals surface area contributed by atoms with Crippen molar-refractivity contribution in [2.45, 2.75) is 0 Å². The predicted octanol–water partition coefficient (Wildman–Crippen LogP) is 7.14. The summed E-state index contributed by atoms with van der Waals surface area (Å²) in [5.41, 5.74) is 5.86. The lowest BCUT2D eigenvalue weighted by Gasteiger charge is -2.23. The highest BCUT2D eigenvalue weighted by Crippen LogP contribution is 2.48. The highest BCUT2D eigenvalue weighted by molar-refractivity contribution is 7.80. The van der Waals surface area contributed by atoms with Gasteiger partial charge < -0.3 is 19.3 Å². The first-order valence-electron chi connectivity index (χ1n) is 11.5. The molecule has 0 fully saturated rings. The quantitative estimate of drug-likeness (QED) is 0.264. The van der Waals surface area contributed by atoms with Gasteiger partial charge in [0, 0.05) is 39.3 Å². The molecule has 6 heteroatoms. The lowest BCUT2D eigenvalue weighted by molar-refractivity contribution is 0.446. The van der Waals surface area contributed by atoms with Crippen molar-refractivity contribution in [1.29, 1.82) is 0 Å². The van der Waals surface area contributed by atoms with Crippen molar-refractivity contribution >= 4 is 34.8 Å². The van der Waals surface area contributed by atoms with E-state index in [0.717, 1.165) is 33.4 Å². The largest absolute Gasteiger partial charge is 0.431 e. The Morgan fingerprint density at radius 3 is 1.19 bits per heavy atom. The van der Waals surface area contributed by atoms with E-state index in [9.17, 15) is 0 Å². The van der Waals surface area contributed by atoms with Gasteiger partial charge in [0.25, 0.3) is 10.3 Å². The highest BCUT2D eigenvalue weighted by atomic mass is 32.1. The standard InChI is InChI=1S/C30H28N2O2S2/c1-31(2)29(35)33-25-19-11-17-23(21-13-7-5-8-14-21)27(25)28-24(22-15-9-6-10-16-22)18-12-20-26(28)34-30(36)32(3)4/h5-20H,1-4H3. The van der Waals surface area contributed by atoms with Crippen LogP contribution in [0.1, 0.15) is 0 Å². The highest BCUT2D eigenvalue weighted by Gasteiger charge is 2.23. The number of rotatable bonds is 5. The molecule has 0 saturated heterocycles. The van der Waals surface area contributed by atoms with Gasteiger partial charge in [-0.05, 0) is 58.8 Å². The van der Waals surface area contributed by atoms with Crippen molar-refractivity contribution < 1.29 is 9.47 Å². The van der Waals surface area contributed by atoms with Crippen LogP contribution < -0.4 is 9.47 Å². The molecule has 4 nitrogen and oxygen atoms in total. The molecule has 4 aromatic carbocycles. The number of thiocarbonyl (C=S) groups is 2. The summed E-state index contributed by atoms with van der Waals surface area (Å²) in [6, 6.07) is 32.5. The Morgan fingerprint density at radius 1 is 0.500 bits per heavy atom. The molecule has 0 amide bonds. The summed E-state index contributed by atoms with van der Waals surface area (Å²) in [6.07, 6.45) is 0. The second kappa shape index (κ2) is 11.3. The van der Waals surface area contributed by atoms with Gasteiger partial charge in [0.2, 0.25) is 0 Å². The Balaban J connectivity index is 2.07. The molecule has 4 rings (SSSR count). The molecular weight excluding hydrogens is 484 g/mol. The number of benzene rings is 4. The smallest absolute Gasteiger partial charge is 0.264 e. The first-order chi connectivity index (χ1) is 17.4. The van der Waals surface area contributed by atoms with Crippen LogP contribution in [0.4, 0.5) is 0 Å². The van der Waals surface area contributed by atoms with E-state index in [1.54, 1.807) is 9.80 Å². The lowest BCUT2D eigenvalue weighted by Crippen LogP contribution is -2.26. The zero-order chi connectivity index (χ0) is 25.7. The first kappa shape index (κ1) is 25.4. The van der Waals surface area contributed by atoms with Crippen LogP contribution in [0.2, 0.25) is 0 Å². The molecule has 0 saturated carbocycles. The van der Waals surface area contributed by atoms with Gasteiger partial charge in [-0.3, -0.25) is 0 Å². The third kappa shape index (κ3) is 5.56. The van der Waals surface area contributed by atoms with Gasteiger partial charge >= 0.3 is 0 Å². The third-order valence-corrected chi connectivity index (χ3v) is 6.49. The fourth-order valence-electron chi connectivity index (χ4n) is 3.84. The number of hydrogen-bond acceptors (Lipinski definition) is 4. The minimum Gasteiger partial charge on any atom is -0.431 e. The molecule has 0 aromatic heterocycles. The van der Waals surface area contributed by atoms with E-state index in [-0.39, 0.29) is 0 Å². The minimum absolute atomic E-state index is 0.366. The molecule has 0 radical (unpaired) electrons. The molecule has 0 atom stereocenters. The van der Waals surface area contributed by atoms with Gasteiger partial charge in [0.1, 0.15) is 11.5 Å². The van der Waals surface area contributed by atoms with Crippen LogP contribution in [0, 0.1) is 0 Å². The Hall–Kier alpha value is -3.74. The zero-order valence-electron chi connectivity index (χ0n) is 20.8. The molecule has 0 bridgehead atoms.